The zero-order valence-electron chi connectivity index (χ0n) is 13.2. The molecule has 1 fully saturated rings. The standard InChI is InChI=1S/C16H26N2O2S/c1-4-16(5-2)9-10-18(12-16)21(19,20)15-8-6-7-14(11-17)13(15)3/h6-8H,4-5,9-12,17H2,1-3H3. The highest BCUT2D eigenvalue weighted by molar-refractivity contribution is 7.89. The molecule has 2 N–H and O–H groups in total. The van der Waals surface area contributed by atoms with E-state index in [1.165, 1.54) is 0 Å². The van der Waals surface area contributed by atoms with Gasteiger partial charge in [0.25, 0.3) is 0 Å². The third kappa shape index (κ3) is 2.87. The van der Waals surface area contributed by atoms with Gasteiger partial charge in [-0.05, 0) is 48.8 Å². The van der Waals surface area contributed by atoms with Gasteiger partial charge in [0.1, 0.15) is 0 Å². The van der Waals surface area contributed by atoms with Gasteiger partial charge in [-0.3, -0.25) is 0 Å². The first-order valence-electron chi connectivity index (χ1n) is 7.69. The lowest BCUT2D eigenvalue weighted by Gasteiger charge is -2.26. The molecule has 0 radical (unpaired) electrons. The average molecular weight is 310 g/mol. The second kappa shape index (κ2) is 6.07. The molecular weight excluding hydrogens is 284 g/mol. The molecule has 1 aliphatic rings. The van der Waals surface area contributed by atoms with Crippen LogP contribution in [0.25, 0.3) is 0 Å². The second-order valence-electron chi connectivity index (χ2n) is 6.04. The zero-order valence-corrected chi connectivity index (χ0v) is 14.0. The van der Waals surface area contributed by atoms with Gasteiger partial charge < -0.3 is 5.73 Å². The minimum absolute atomic E-state index is 0.145. The summed E-state index contributed by atoms with van der Waals surface area (Å²) in [5.74, 6) is 0. The second-order valence-corrected chi connectivity index (χ2v) is 7.95. The Kier molecular flexibility index (Phi) is 4.76. The molecule has 0 atom stereocenters. The number of benzene rings is 1. The summed E-state index contributed by atoms with van der Waals surface area (Å²) in [7, 11) is -3.42. The van der Waals surface area contributed by atoms with E-state index in [-0.39, 0.29) is 5.41 Å². The lowest BCUT2D eigenvalue weighted by Crippen LogP contribution is -2.32. The van der Waals surface area contributed by atoms with Crippen LogP contribution in [0.5, 0.6) is 0 Å². The van der Waals surface area contributed by atoms with Crippen LogP contribution in [-0.4, -0.2) is 25.8 Å². The Labute approximate surface area is 128 Å². The van der Waals surface area contributed by atoms with E-state index in [1.54, 1.807) is 16.4 Å². The van der Waals surface area contributed by atoms with Crippen LogP contribution in [0.3, 0.4) is 0 Å². The molecular formula is C16H26N2O2S. The van der Waals surface area contributed by atoms with Crippen molar-refractivity contribution in [3.05, 3.63) is 29.3 Å². The van der Waals surface area contributed by atoms with Crippen LogP contribution in [0, 0.1) is 12.3 Å². The van der Waals surface area contributed by atoms with Crippen molar-refractivity contribution in [2.75, 3.05) is 13.1 Å². The molecule has 0 aromatic heterocycles. The van der Waals surface area contributed by atoms with Crippen molar-refractivity contribution in [1.29, 1.82) is 0 Å². The number of nitrogens with zero attached hydrogens (tertiary/aromatic N) is 1. The van der Waals surface area contributed by atoms with Crippen LogP contribution in [0.2, 0.25) is 0 Å². The van der Waals surface area contributed by atoms with E-state index in [4.69, 9.17) is 5.73 Å². The van der Waals surface area contributed by atoms with Crippen molar-refractivity contribution in [2.24, 2.45) is 11.1 Å². The zero-order chi connectivity index (χ0) is 15.7. The fourth-order valence-corrected chi connectivity index (χ4v) is 5.05. The number of hydrogen-bond donors (Lipinski definition) is 1. The molecule has 0 amide bonds. The predicted molar refractivity (Wildman–Crippen MR) is 85.5 cm³/mol. The maximum atomic E-state index is 12.9. The Morgan fingerprint density at radius 3 is 2.48 bits per heavy atom. The highest BCUT2D eigenvalue weighted by Gasteiger charge is 2.41. The average Bonchev–Trinajstić information content (AvgIpc) is 2.93. The van der Waals surface area contributed by atoms with Gasteiger partial charge in [-0.1, -0.05) is 26.0 Å². The molecule has 0 unspecified atom stereocenters. The number of rotatable bonds is 5. The summed E-state index contributed by atoms with van der Waals surface area (Å²) in [5, 5.41) is 0. The molecule has 1 aromatic carbocycles. The van der Waals surface area contributed by atoms with Gasteiger partial charge in [0, 0.05) is 19.6 Å². The monoisotopic (exact) mass is 310 g/mol. The van der Waals surface area contributed by atoms with Crippen molar-refractivity contribution in [3.8, 4) is 0 Å². The normalized spacial score (nSPS) is 19.0. The van der Waals surface area contributed by atoms with E-state index in [2.05, 4.69) is 13.8 Å². The van der Waals surface area contributed by atoms with Crippen LogP contribution in [-0.2, 0) is 16.6 Å². The lowest BCUT2D eigenvalue weighted by molar-refractivity contribution is 0.279. The third-order valence-electron chi connectivity index (χ3n) is 5.14. The van der Waals surface area contributed by atoms with E-state index in [0.29, 0.717) is 24.5 Å². The predicted octanol–water partition coefficient (Wildman–Crippen LogP) is 2.65. The smallest absolute Gasteiger partial charge is 0.243 e. The van der Waals surface area contributed by atoms with Gasteiger partial charge in [0.15, 0.2) is 0 Å². The summed E-state index contributed by atoms with van der Waals surface area (Å²) < 4.78 is 27.5. The first kappa shape index (κ1) is 16.5. The first-order chi connectivity index (χ1) is 9.90. The van der Waals surface area contributed by atoms with Crippen LogP contribution < -0.4 is 5.73 Å². The third-order valence-corrected chi connectivity index (χ3v) is 7.13. The van der Waals surface area contributed by atoms with Crippen molar-refractivity contribution < 1.29 is 8.42 Å². The summed E-state index contributed by atoms with van der Waals surface area (Å²) in [6.07, 6.45) is 3.00. The molecule has 118 valence electrons. The van der Waals surface area contributed by atoms with Crippen molar-refractivity contribution in [1.82, 2.24) is 4.31 Å². The number of sulfonamides is 1. The van der Waals surface area contributed by atoms with Crippen molar-refractivity contribution in [2.45, 2.75) is 51.5 Å². The van der Waals surface area contributed by atoms with Gasteiger partial charge in [0.2, 0.25) is 10.0 Å². The Balaban J connectivity index is 2.36. The van der Waals surface area contributed by atoms with Crippen LogP contribution in [0.1, 0.15) is 44.2 Å². The summed E-state index contributed by atoms with van der Waals surface area (Å²) in [6, 6.07) is 5.37. The molecule has 21 heavy (non-hydrogen) atoms. The molecule has 5 heteroatoms. The topological polar surface area (TPSA) is 63.4 Å². The molecule has 0 saturated carbocycles. The van der Waals surface area contributed by atoms with Gasteiger partial charge in [-0.25, -0.2) is 8.42 Å². The van der Waals surface area contributed by atoms with E-state index in [9.17, 15) is 8.42 Å². The number of hydrogen-bond acceptors (Lipinski definition) is 3. The molecule has 0 bridgehead atoms. The summed E-state index contributed by atoms with van der Waals surface area (Å²) in [6.45, 7) is 7.77. The molecule has 0 spiro atoms. The Morgan fingerprint density at radius 1 is 1.29 bits per heavy atom. The summed E-state index contributed by atoms with van der Waals surface area (Å²) in [4.78, 5) is 0.411. The SMILES string of the molecule is CCC1(CC)CCN(S(=O)(=O)c2cccc(CN)c2C)C1. The fraction of sp³-hybridized carbons (Fsp3) is 0.625. The van der Waals surface area contributed by atoms with Gasteiger partial charge in [-0.15, -0.1) is 0 Å². The Morgan fingerprint density at radius 2 is 1.95 bits per heavy atom. The Hall–Kier alpha value is -0.910. The minimum atomic E-state index is -3.42. The van der Waals surface area contributed by atoms with Crippen molar-refractivity contribution >= 4 is 10.0 Å². The molecule has 1 aromatic rings. The van der Waals surface area contributed by atoms with Gasteiger partial charge in [-0.2, -0.15) is 4.31 Å². The molecule has 1 heterocycles. The molecule has 4 nitrogen and oxygen atoms in total. The summed E-state index contributed by atoms with van der Waals surface area (Å²) in [5.41, 5.74) is 7.52. The molecule has 1 saturated heterocycles. The maximum Gasteiger partial charge on any atom is 0.243 e. The molecule has 1 aliphatic heterocycles. The van der Waals surface area contributed by atoms with Crippen molar-refractivity contribution in [3.63, 3.8) is 0 Å². The highest BCUT2D eigenvalue weighted by atomic mass is 32.2. The summed E-state index contributed by atoms with van der Waals surface area (Å²) >= 11 is 0. The van der Waals surface area contributed by atoms with Gasteiger partial charge in [0.05, 0.1) is 4.90 Å². The van der Waals surface area contributed by atoms with E-state index >= 15 is 0 Å². The van der Waals surface area contributed by atoms with E-state index in [0.717, 1.165) is 30.4 Å². The number of nitrogens with two attached hydrogens (primary N) is 1. The van der Waals surface area contributed by atoms with Gasteiger partial charge >= 0.3 is 0 Å². The molecule has 0 aliphatic carbocycles. The minimum Gasteiger partial charge on any atom is -0.326 e. The lowest BCUT2D eigenvalue weighted by atomic mass is 9.82. The largest absolute Gasteiger partial charge is 0.326 e. The Bertz CT molecular complexity index is 607. The molecule has 2 rings (SSSR count). The first-order valence-corrected chi connectivity index (χ1v) is 9.13. The van der Waals surface area contributed by atoms with Crippen LogP contribution >= 0.6 is 0 Å². The van der Waals surface area contributed by atoms with E-state index in [1.807, 2.05) is 13.0 Å². The van der Waals surface area contributed by atoms with E-state index < -0.39 is 10.0 Å². The van der Waals surface area contributed by atoms with Crippen LogP contribution in [0.15, 0.2) is 23.1 Å². The maximum absolute atomic E-state index is 12.9. The van der Waals surface area contributed by atoms with Crippen LogP contribution in [0.4, 0.5) is 0 Å². The fourth-order valence-electron chi connectivity index (χ4n) is 3.23. The quantitative estimate of drug-likeness (QED) is 0.909. The highest BCUT2D eigenvalue weighted by Crippen LogP contribution is 2.39.